The van der Waals surface area contributed by atoms with Gasteiger partial charge in [0.05, 0.1) is 0 Å². The van der Waals surface area contributed by atoms with E-state index in [-0.39, 0.29) is 0 Å². The molecule has 3 rings (SSSR count). The van der Waals surface area contributed by atoms with Crippen LogP contribution >= 0.6 is 0 Å². The summed E-state index contributed by atoms with van der Waals surface area (Å²) in [4.78, 5) is 0. The zero-order valence-electron chi connectivity index (χ0n) is 8.07. The molecular weight excluding hydrogens is 231 g/mol. The van der Waals surface area contributed by atoms with Crippen LogP contribution in [0.15, 0.2) is 48.5 Å². The Labute approximate surface area is 88.8 Å². The number of rotatable bonds is 0. The van der Waals surface area contributed by atoms with Crippen LogP contribution in [0.3, 0.4) is 0 Å². The summed E-state index contributed by atoms with van der Waals surface area (Å²) >= 11 is -0.915. The van der Waals surface area contributed by atoms with Gasteiger partial charge in [-0.15, -0.1) is 0 Å². The molecule has 1 heteroatoms. The van der Waals surface area contributed by atoms with Crippen molar-refractivity contribution in [1.29, 1.82) is 0 Å². The van der Waals surface area contributed by atoms with Gasteiger partial charge in [-0.05, 0) is 0 Å². The zero-order valence-corrected chi connectivity index (χ0v) is 9.94. The fraction of sp³-hybridized carbons (Fsp3) is 0.0769. The molecular formula is C13H11As. The van der Waals surface area contributed by atoms with E-state index in [9.17, 15) is 0 Å². The van der Waals surface area contributed by atoms with Crippen molar-refractivity contribution in [2.24, 2.45) is 0 Å². The summed E-state index contributed by atoms with van der Waals surface area (Å²) in [5.41, 5.74) is 5.38. The van der Waals surface area contributed by atoms with E-state index in [0.717, 1.165) is 0 Å². The van der Waals surface area contributed by atoms with Crippen molar-refractivity contribution in [3.8, 4) is 11.1 Å². The summed E-state index contributed by atoms with van der Waals surface area (Å²) in [7, 11) is 0. The third-order valence-corrected chi connectivity index (χ3v) is 7.49. The van der Waals surface area contributed by atoms with E-state index >= 15 is 0 Å². The topological polar surface area (TPSA) is 0 Å². The van der Waals surface area contributed by atoms with Crippen LogP contribution in [0.4, 0.5) is 0 Å². The monoisotopic (exact) mass is 242 g/mol. The molecule has 0 atom stereocenters. The summed E-state index contributed by atoms with van der Waals surface area (Å²) in [6.07, 6.45) is 0. The van der Waals surface area contributed by atoms with E-state index in [2.05, 4.69) is 54.2 Å². The molecule has 0 nitrogen and oxygen atoms in total. The molecule has 0 saturated heterocycles. The van der Waals surface area contributed by atoms with Crippen LogP contribution in [0.1, 0.15) is 0 Å². The SMILES string of the molecule is C[As]1c2ccccc2-c2ccccc21. The van der Waals surface area contributed by atoms with E-state index in [1.54, 1.807) is 8.70 Å². The molecule has 0 amide bonds. The summed E-state index contributed by atoms with van der Waals surface area (Å²) < 4.78 is 3.22. The average molecular weight is 242 g/mol. The summed E-state index contributed by atoms with van der Waals surface area (Å²) in [6.45, 7) is 0. The molecule has 1 aliphatic rings. The second-order valence-electron chi connectivity index (χ2n) is 3.59. The van der Waals surface area contributed by atoms with Gasteiger partial charge in [-0.2, -0.15) is 0 Å². The second kappa shape index (κ2) is 3.00. The Balaban J connectivity index is 2.36. The van der Waals surface area contributed by atoms with Crippen molar-refractivity contribution in [1.82, 2.24) is 0 Å². The summed E-state index contributed by atoms with van der Waals surface area (Å²) in [6, 6.07) is 17.7. The van der Waals surface area contributed by atoms with Crippen molar-refractivity contribution in [3.05, 3.63) is 48.5 Å². The Morgan fingerprint density at radius 3 is 1.64 bits per heavy atom. The maximum atomic E-state index is 2.43. The molecule has 2 aromatic rings. The molecule has 1 heterocycles. The minimum absolute atomic E-state index is 0.915. The van der Waals surface area contributed by atoms with Gasteiger partial charge < -0.3 is 0 Å². The van der Waals surface area contributed by atoms with Crippen LogP contribution in [0.25, 0.3) is 11.1 Å². The van der Waals surface area contributed by atoms with Gasteiger partial charge in [0.15, 0.2) is 0 Å². The van der Waals surface area contributed by atoms with Crippen molar-refractivity contribution in [2.45, 2.75) is 5.71 Å². The van der Waals surface area contributed by atoms with Crippen LogP contribution in [0.5, 0.6) is 0 Å². The second-order valence-corrected chi connectivity index (χ2v) is 7.96. The van der Waals surface area contributed by atoms with Gasteiger partial charge in [-0.1, -0.05) is 0 Å². The van der Waals surface area contributed by atoms with Gasteiger partial charge >= 0.3 is 88.7 Å². The van der Waals surface area contributed by atoms with Crippen molar-refractivity contribution < 1.29 is 0 Å². The van der Waals surface area contributed by atoms with Crippen molar-refractivity contribution in [2.75, 3.05) is 0 Å². The van der Waals surface area contributed by atoms with E-state index in [1.807, 2.05) is 0 Å². The first-order chi connectivity index (χ1) is 6.88. The first-order valence-electron chi connectivity index (χ1n) is 4.80. The molecule has 14 heavy (non-hydrogen) atoms. The molecule has 2 aromatic carbocycles. The third kappa shape index (κ3) is 1.01. The first kappa shape index (κ1) is 8.32. The maximum absolute atomic E-state index is 2.43. The Kier molecular flexibility index (Phi) is 1.78. The average Bonchev–Trinajstić information content (AvgIpc) is 2.55. The molecule has 68 valence electrons. The number of hydrogen-bond donors (Lipinski definition) is 0. The minimum atomic E-state index is -0.915. The van der Waals surface area contributed by atoms with Gasteiger partial charge in [0.2, 0.25) is 0 Å². The Bertz CT molecular complexity index is 443. The van der Waals surface area contributed by atoms with E-state index < -0.39 is 14.7 Å². The third-order valence-electron chi connectivity index (χ3n) is 2.82. The fourth-order valence-electron chi connectivity index (χ4n) is 2.12. The number of fused-ring (bicyclic) bond motifs is 3. The van der Waals surface area contributed by atoms with Gasteiger partial charge in [0.1, 0.15) is 0 Å². The van der Waals surface area contributed by atoms with Gasteiger partial charge in [0.25, 0.3) is 0 Å². The van der Waals surface area contributed by atoms with Gasteiger partial charge in [-0.3, -0.25) is 0 Å². The van der Waals surface area contributed by atoms with Gasteiger partial charge in [0, 0.05) is 0 Å². The standard InChI is InChI=1S/C13H11As/c1-14-12-8-4-2-6-10(12)11-7-3-5-9-13(11)14/h2-9H,1H3. The molecule has 0 N–H and O–H groups in total. The molecule has 0 bridgehead atoms. The molecule has 0 unspecified atom stereocenters. The van der Waals surface area contributed by atoms with Gasteiger partial charge in [-0.25, -0.2) is 0 Å². The van der Waals surface area contributed by atoms with E-state index in [4.69, 9.17) is 0 Å². The van der Waals surface area contributed by atoms with Crippen LogP contribution in [0.2, 0.25) is 5.71 Å². The molecule has 0 spiro atoms. The van der Waals surface area contributed by atoms with E-state index in [1.165, 1.54) is 11.1 Å². The molecule has 0 aromatic heterocycles. The Morgan fingerprint density at radius 1 is 0.714 bits per heavy atom. The van der Waals surface area contributed by atoms with Crippen LogP contribution < -0.4 is 8.70 Å². The number of hydrogen-bond acceptors (Lipinski definition) is 0. The van der Waals surface area contributed by atoms with Crippen LogP contribution in [-0.2, 0) is 0 Å². The molecule has 1 aliphatic heterocycles. The van der Waals surface area contributed by atoms with E-state index in [0.29, 0.717) is 0 Å². The van der Waals surface area contributed by atoms with Crippen LogP contribution in [0, 0.1) is 0 Å². The quantitative estimate of drug-likeness (QED) is 0.619. The summed E-state index contributed by atoms with van der Waals surface area (Å²) in [5.74, 6) is 0. The predicted molar refractivity (Wildman–Crippen MR) is 62.8 cm³/mol. The Morgan fingerprint density at radius 2 is 1.14 bits per heavy atom. The van der Waals surface area contributed by atoms with Crippen molar-refractivity contribution in [3.63, 3.8) is 0 Å². The van der Waals surface area contributed by atoms with Crippen molar-refractivity contribution >= 4 is 23.4 Å². The molecule has 0 aliphatic carbocycles. The normalized spacial score (nSPS) is 13.8. The van der Waals surface area contributed by atoms with Crippen LogP contribution in [-0.4, -0.2) is 14.7 Å². The Hall–Kier alpha value is -1.00. The number of benzene rings is 2. The predicted octanol–water partition coefficient (Wildman–Crippen LogP) is 1.91. The molecule has 0 fully saturated rings. The molecule has 0 saturated carbocycles. The summed E-state index contributed by atoms with van der Waals surface area (Å²) in [5, 5.41) is 0. The molecule has 0 radical (unpaired) electrons. The fourth-order valence-corrected chi connectivity index (χ4v) is 6.30. The first-order valence-corrected chi connectivity index (χ1v) is 8.55. The zero-order chi connectivity index (χ0) is 9.54.